The molecule has 1 aromatic carbocycles. The molecule has 18 heavy (non-hydrogen) atoms. The number of pyridine rings is 1. The molecule has 2 rings (SSSR count). The van der Waals surface area contributed by atoms with Crippen LogP contribution < -0.4 is 0 Å². The van der Waals surface area contributed by atoms with Gasteiger partial charge in [-0.15, -0.1) is 11.6 Å². The molecule has 1 heterocycles. The Bertz CT molecular complexity index is 560. The summed E-state index contributed by atoms with van der Waals surface area (Å²) in [6, 6.07) is 5.07. The van der Waals surface area contributed by atoms with Crippen LogP contribution in [-0.4, -0.2) is 4.98 Å². The van der Waals surface area contributed by atoms with Gasteiger partial charge in [-0.2, -0.15) is 0 Å². The highest BCUT2D eigenvalue weighted by Crippen LogP contribution is 2.29. The fourth-order valence-electron chi connectivity index (χ4n) is 1.63. The van der Waals surface area contributed by atoms with Gasteiger partial charge in [0.25, 0.3) is 0 Å². The van der Waals surface area contributed by atoms with Gasteiger partial charge in [0.05, 0.1) is 10.4 Å². The second-order valence-electron chi connectivity index (χ2n) is 3.80. The third-order valence-corrected chi connectivity index (χ3v) is 3.29. The van der Waals surface area contributed by atoms with Gasteiger partial charge in [-0.25, -0.2) is 8.78 Å². The van der Waals surface area contributed by atoms with E-state index in [9.17, 15) is 8.78 Å². The third kappa shape index (κ3) is 2.98. The third-order valence-electron chi connectivity index (χ3n) is 2.56. The van der Waals surface area contributed by atoms with Gasteiger partial charge in [0.15, 0.2) is 0 Å². The number of rotatable bonds is 3. The first-order valence-electron chi connectivity index (χ1n) is 5.25. The molecule has 94 valence electrons. The summed E-state index contributed by atoms with van der Waals surface area (Å²) in [5.41, 5.74) is 1.03. The molecule has 0 saturated carbocycles. The maximum atomic E-state index is 13.5. The Morgan fingerprint density at radius 2 is 2.00 bits per heavy atom. The summed E-state index contributed by atoms with van der Waals surface area (Å²) >= 11 is 12.1. The van der Waals surface area contributed by atoms with Crippen molar-refractivity contribution in [3.05, 3.63) is 64.4 Å². The van der Waals surface area contributed by atoms with Gasteiger partial charge in [0, 0.05) is 24.0 Å². The molecule has 0 fully saturated rings. The molecule has 0 radical (unpaired) electrons. The lowest BCUT2D eigenvalue weighted by Crippen LogP contribution is -2.00. The molecule has 5 heteroatoms. The van der Waals surface area contributed by atoms with Crippen molar-refractivity contribution in [3.63, 3.8) is 0 Å². The SMILES string of the molecule is Fc1ccc(C(Cl)Cc2ccncc2Cl)c(F)c1. The van der Waals surface area contributed by atoms with E-state index in [2.05, 4.69) is 4.98 Å². The molecule has 0 saturated heterocycles. The maximum Gasteiger partial charge on any atom is 0.130 e. The Balaban J connectivity index is 2.22. The van der Waals surface area contributed by atoms with Crippen molar-refractivity contribution in [2.24, 2.45) is 0 Å². The summed E-state index contributed by atoms with van der Waals surface area (Å²) < 4.78 is 26.3. The molecule has 2 aromatic rings. The quantitative estimate of drug-likeness (QED) is 0.756. The Labute approximate surface area is 113 Å². The van der Waals surface area contributed by atoms with Crippen LogP contribution in [0.25, 0.3) is 0 Å². The number of alkyl halides is 1. The van der Waals surface area contributed by atoms with E-state index in [1.807, 2.05) is 0 Å². The van der Waals surface area contributed by atoms with Gasteiger partial charge >= 0.3 is 0 Å². The van der Waals surface area contributed by atoms with Crippen molar-refractivity contribution in [2.75, 3.05) is 0 Å². The average molecular weight is 288 g/mol. The first kappa shape index (κ1) is 13.2. The van der Waals surface area contributed by atoms with E-state index in [0.717, 1.165) is 11.6 Å². The van der Waals surface area contributed by atoms with Gasteiger partial charge in [-0.1, -0.05) is 17.7 Å². The van der Waals surface area contributed by atoms with Crippen LogP contribution in [0.15, 0.2) is 36.7 Å². The number of aromatic nitrogens is 1. The monoisotopic (exact) mass is 287 g/mol. The van der Waals surface area contributed by atoms with Crippen LogP contribution in [0.4, 0.5) is 8.78 Å². The van der Waals surface area contributed by atoms with Crippen LogP contribution in [0.5, 0.6) is 0 Å². The van der Waals surface area contributed by atoms with Gasteiger partial charge in [0.1, 0.15) is 11.6 Å². The van der Waals surface area contributed by atoms with Crippen molar-refractivity contribution in [1.29, 1.82) is 0 Å². The van der Waals surface area contributed by atoms with Crippen molar-refractivity contribution >= 4 is 23.2 Å². The summed E-state index contributed by atoms with van der Waals surface area (Å²) in [6.07, 6.45) is 3.44. The Hall–Kier alpha value is -1.19. The zero-order valence-electron chi connectivity index (χ0n) is 9.21. The molecule has 0 aliphatic rings. The smallest absolute Gasteiger partial charge is 0.130 e. The Morgan fingerprint density at radius 3 is 2.67 bits per heavy atom. The minimum absolute atomic E-state index is 0.256. The number of hydrogen-bond acceptors (Lipinski definition) is 1. The van der Waals surface area contributed by atoms with E-state index >= 15 is 0 Å². The topological polar surface area (TPSA) is 12.9 Å². The van der Waals surface area contributed by atoms with E-state index in [1.54, 1.807) is 12.3 Å². The highest BCUT2D eigenvalue weighted by Gasteiger charge is 2.15. The van der Waals surface area contributed by atoms with Crippen LogP contribution in [0.2, 0.25) is 5.02 Å². The van der Waals surface area contributed by atoms with Gasteiger partial charge < -0.3 is 0 Å². The van der Waals surface area contributed by atoms with Crippen LogP contribution in [0.1, 0.15) is 16.5 Å². The fourth-order valence-corrected chi connectivity index (χ4v) is 2.17. The zero-order valence-corrected chi connectivity index (χ0v) is 10.7. The van der Waals surface area contributed by atoms with Crippen molar-refractivity contribution < 1.29 is 8.78 Å². The van der Waals surface area contributed by atoms with Crippen molar-refractivity contribution in [3.8, 4) is 0 Å². The molecule has 1 atom stereocenters. The maximum absolute atomic E-state index is 13.5. The minimum Gasteiger partial charge on any atom is -0.263 e. The Kier molecular flexibility index (Phi) is 4.15. The molecule has 0 spiro atoms. The summed E-state index contributed by atoms with van der Waals surface area (Å²) in [4.78, 5) is 3.86. The molecular weight excluding hydrogens is 279 g/mol. The molecule has 0 aliphatic heterocycles. The minimum atomic E-state index is -0.653. The predicted molar refractivity (Wildman–Crippen MR) is 67.9 cm³/mol. The van der Waals surface area contributed by atoms with Gasteiger partial charge in [-0.3, -0.25) is 4.98 Å². The molecule has 1 nitrogen and oxygen atoms in total. The lowest BCUT2D eigenvalue weighted by Gasteiger charge is -2.11. The lowest BCUT2D eigenvalue weighted by molar-refractivity contribution is 0.570. The van der Waals surface area contributed by atoms with E-state index in [4.69, 9.17) is 23.2 Å². The summed E-state index contributed by atoms with van der Waals surface area (Å²) in [5.74, 6) is -1.28. The molecule has 0 N–H and O–H groups in total. The summed E-state index contributed by atoms with van der Waals surface area (Å²) in [7, 11) is 0. The second-order valence-corrected chi connectivity index (χ2v) is 4.74. The molecule has 0 bridgehead atoms. The second kappa shape index (κ2) is 5.63. The number of hydrogen-bond donors (Lipinski definition) is 0. The average Bonchev–Trinajstić information content (AvgIpc) is 2.32. The van der Waals surface area contributed by atoms with Gasteiger partial charge in [-0.05, 0) is 24.1 Å². The molecule has 1 unspecified atom stereocenters. The molecule has 1 aromatic heterocycles. The van der Waals surface area contributed by atoms with Crippen LogP contribution in [0, 0.1) is 11.6 Å². The van der Waals surface area contributed by atoms with Crippen molar-refractivity contribution in [2.45, 2.75) is 11.8 Å². The lowest BCUT2D eigenvalue weighted by atomic mass is 10.0. The standard InChI is InChI=1S/C13H9Cl2F2N/c14-11(5-8-3-4-18-7-12(8)15)10-2-1-9(16)6-13(10)17/h1-4,6-7,11H,5H2. The van der Waals surface area contributed by atoms with E-state index in [0.29, 0.717) is 11.4 Å². The highest BCUT2D eigenvalue weighted by atomic mass is 35.5. The molecule has 0 aliphatic carbocycles. The summed E-state index contributed by atoms with van der Waals surface area (Å²) in [6.45, 7) is 0. The van der Waals surface area contributed by atoms with E-state index in [-0.39, 0.29) is 5.56 Å². The van der Waals surface area contributed by atoms with Gasteiger partial charge in [0.2, 0.25) is 0 Å². The predicted octanol–water partition coefficient (Wildman–Crippen LogP) is 4.54. The highest BCUT2D eigenvalue weighted by molar-refractivity contribution is 6.31. The van der Waals surface area contributed by atoms with Crippen molar-refractivity contribution in [1.82, 2.24) is 4.98 Å². The first-order chi connectivity index (χ1) is 8.58. The first-order valence-corrected chi connectivity index (χ1v) is 6.07. The molecule has 0 amide bonds. The fraction of sp³-hybridized carbons (Fsp3) is 0.154. The number of benzene rings is 1. The number of halogens is 4. The Morgan fingerprint density at radius 1 is 1.22 bits per heavy atom. The van der Waals surface area contributed by atoms with Crippen LogP contribution in [-0.2, 0) is 6.42 Å². The summed E-state index contributed by atoms with van der Waals surface area (Å²) in [5, 5.41) is -0.129. The van der Waals surface area contributed by atoms with Crippen LogP contribution in [0.3, 0.4) is 0 Å². The largest absolute Gasteiger partial charge is 0.263 e. The zero-order chi connectivity index (χ0) is 13.1. The van der Waals surface area contributed by atoms with E-state index in [1.165, 1.54) is 18.3 Å². The normalized spacial score (nSPS) is 12.4. The number of nitrogens with zero attached hydrogens (tertiary/aromatic N) is 1. The van der Waals surface area contributed by atoms with E-state index < -0.39 is 17.0 Å². The van der Waals surface area contributed by atoms with Crippen LogP contribution >= 0.6 is 23.2 Å². The molecular formula is C13H9Cl2F2N.